The number of carbonyl (C=O) groups is 2. The normalized spacial score (nSPS) is 11.7. The molecular weight excluding hydrogens is 256 g/mol. The van der Waals surface area contributed by atoms with Gasteiger partial charge in [-0.3, -0.25) is 0 Å². The molecule has 0 radical (unpaired) electrons. The van der Waals surface area contributed by atoms with Crippen LogP contribution in [0.3, 0.4) is 0 Å². The Hall–Kier alpha value is -1.75. The van der Waals surface area contributed by atoms with E-state index in [9.17, 15) is 9.59 Å². The molecular formula is C12H15ClN2O3. The van der Waals surface area contributed by atoms with Gasteiger partial charge in [0.05, 0.1) is 10.7 Å². The summed E-state index contributed by atoms with van der Waals surface area (Å²) in [7, 11) is 0. The summed E-state index contributed by atoms with van der Waals surface area (Å²) in [6.45, 7) is 3.55. The topological polar surface area (TPSA) is 78.4 Å². The van der Waals surface area contributed by atoms with Gasteiger partial charge in [-0.15, -0.1) is 0 Å². The Kier molecular flexibility index (Phi) is 4.97. The third kappa shape index (κ3) is 3.92. The summed E-state index contributed by atoms with van der Waals surface area (Å²) >= 11 is 5.91. The van der Waals surface area contributed by atoms with Crippen molar-refractivity contribution in [1.82, 2.24) is 5.32 Å². The lowest BCUT2D eigenvalue weighted by Gasteiger charge is -2.14. The number of urea groups is 1. The SMILES string of the molecule is CC[C@H](NC(=O)Nc1cc(C)ccc1Cl)C(=O)O. The van der Waals surface area contributed by atoms with Gasteiger partial charge in [-0.25, -0.2) is 9.59 Å². The fourth-order valence-electron chi connectivity index (χ4n) is 1.39. The van der Waals surface area contributed by atoms with Crippen molar-refractivity contribution in [3.8, 4) is 0 Å². The number of amides is 2. The zero-order valence-electron chi connectivity index (χ0n) is 10.2. The van der Waals surface area contributed by atoms with E-state index >= 15 is 0 Å². The highest BCUT2D eigenvalue weighted by Crippen LogP contribution is 2.22. The lowest BCUT2D eigenvalue weighted by Crippen LogP contribution is -2.42. The molecule has 2 amide bonds. The van der Waals surface area contributed by atoms with E-state index < -0.39 is 18.0 Å². The minimum Gasteiger partial charge on any atom is -0.480 e. The Morgan fingerprint density at radius 2 is 2.11 bits per heavy atom. The van der Waals surface area contributed by atoms with Crippen LogP contribution in [0.5, 0.6) is 0 Å². The molecule has 1 atom stereocenters. The first kappa shape index (κ1) is 14.3. The molecule has 0 aliphatic heterocycles. The maximum absolute atomic E-state index is 11.6. The predicted molar refractivity (Wildman–Crippen MR) is 70.1 cm³/mol. The molecule has 0 aromatic heterocycles. The maximum atomic E-state index is 11.6. The summed E-state index contributed by atoms with van der Waals surface area (Å²) in [6.07, 6.45) is 0.310. The molecule has 0 aliphatic carbocycles. The van der Waals surface area contributed by atoms with Crippen LogP contribution in [0.15, 0.2) is 18.2 Å². The molecule has 98 valence electrons. The summed E-state index contributed by atoms with van der Waals surface area (Å²) in [4.78, 5) is 22.4. The van der Waals surface area contributed by atoms with E-state index in [4.69, 9.17) is 16.7 Å². The molecule has 0 saturated heterocycles. The van der Waals surface area contributed by atoms with E-state index in [1.165, 1.54) is 0 Å². The highest BCUT2D eigenvalue weighted by molar-refractivity contribution is 6.33. The van der Waals surface area contributed by atoms with Crippen LogP contribution in [-0.2, 0) is 4.79 Å². The van der Waals surface area contributed by atoms with Gasteiger partial charge >= 0.3 is 12.0 Å². The van der Waals surface area contributed by atoms with Gasteiger partial charge in [0, 0.05) is 0 Å². The summed E-state index contributed by atoms with van der Waals surface area (Å²) < 4.78 is 0. The second-order valence-electron chi connectivity index (χ2n) is 3.88. The number of carboxylic acid groups (broad SMARTS) is 1. The summed E-state index contributed by atoms with van der Waals surface area (Å²) in [5.74, 6) is -1.07. The fraction of sp³-hybridized carbons (Fsp3) is 0.333. The minimum atomic E-state index is -1.07. The highest BCUT2D eigenvalue weighted by atomic mass is 35.5. The van der Waals surface area contributed by atoms with Crippen molar-refractivity contribution in [3.63, 3.8) is 0 Å². The number of aryl methyl sites for hydroxylation is 1. The van der Waals surface area contributed by atoms with Crippen molar-refractivity contribution in [3.05, 3.63) is 28.8 Å². The van der Waals surface area contributed by atoms with Crippen molar-refractivity contribution in [1.29, 1.82) is 0 Å². The number of benzene rings is 1. The van der Waals surface area contributed by atoms with E-state index in [1.54, 1.807) is 19.1 Å². The minimum absolute atomic E-state index is 0.310. The smallest absolute Gasteiger partial charge is 0.326 e. The van der Waals surface area contributed by atoms with Gasteiger partial charge in [0.2, 0.25) is 0 Å². The molecule has 6 heteroatoms. The molecule has 3 N–H and O–H groups in total. The van der Waals surface area contributed by atoms with Crippen LogP contribution < -0.4 is 10.6 Å². The Bertz CT molecular complexity index is 463. The second-order valence-corrected chi connectivity index (χ2v) is 4.29. The highest BCUT2D eigenvalue weighted by Gasteiger charge is 2.17. The average molecular weight is 271 g/mol. The van der Waals surface area contributed by atoms with Crippen LogP contribution in [0.2, 0.25) is 5.02 Å². The zero-order valence-corrected chi connectivity index (χ0v) is 10.9. The van der Waals surface area contributed by atoms with Crippen molar-refractivity contribution in [2.24, 2.45) is 0 Å². The average Bonchev–Trinajstić information content (AvgIpc) is 2.30. The van der Waals surface area contributed by atoms with Crippen LogP contribution in [0, 0.1) is 6.92 Å². The maximum Gasteiger partial charge on any atom is 0.326 e. The van der Waals surface area contributed by atoms with Gasteiger partial charge < -0.3 is 15.7 Å². The molecule has 0 fully saturated rings. The monoisotopic (exact) mass is 270 g/mol. The summed E-state index contributed by atoms with van der Waals surface area (Å²) in [5.41, 5.74) is 1.40. The first-order chi connectivity index (χ1) is 8.43. The molecule has 1 rings (SSSR count). The number of aliphatic carboxylic acids is 1. The number of nitrogens with one attached hydrogen (secondary N) is 2. The largest absolute Gasteiger partial charge is 0.480 e. The number of hydrogen-bond acceptors (Lipinski definition) is 2. The van der Waals surface area contributed by atoms with Gasteiger partial charge in [0.15, 0.2) is 0 Å². The Morgan fingerprint density at radius 1 is 1.44 bits per heavy atom. The lowest BCUT2D eigenvalue weighted by atomic mass is 10.2. The van der Waals surface area contributed by atoms with Crippen LogP contribution >= 0.6 is 11.6 Å². The van der Waals surface area contributed by atoms with Crippen molar-refractivity contribution >= 4 is 29.3 Å². The number of carbonyl (C=O) groups excluding carboxylic acids is 1. The lowest BCUT2D eigenvalue weighted by molar-refractivity contribution is -0.139. The molecule has 0 saturated carbocycles. The number of anilines is 1. The van der Waals surface area contributed by atoms with Gasteiger partial charge in [-0.05, 0) is 31.0 Å². The summed E-state index contributed by atoms with van der Waals surface area (Å²) in [6, 6.07) is 3.70. The Labute approximate surface area is 110 Å². The van der Waals surface area contributed by atoms with Crippen molar-refractivity contribution < 1.29 is 14.7 Å². The van der Waals surface area contributed by atoms with Gasteiger partial charge in [0.1, 0.15) is 6.04 Å². The van der Waals surface area contributed by atoms with Crippen molar-refractivity contribution in [2.45, 2.75) is 26.3 Å². The summed E-state index contributed by atoms with van der Waals surface area (Å²) in [5, 5.41) is 14.1. The van der Waals surface area contributed by atoms with Gasteiger partial charge in [-0.1, -0.05) is 24.6 Å². The van der Waals surface area contributed by atoms with Crippen molar-refractivity contribution in [2.75, 3.05) is 5.32 Å². The fourth-order valence-corrected chi connectivity index (χ4v) is 1.55. The molecule has 18 heavy (non-hydrogen) atoms. The van der Waals surface area contributed by atoms with Crippen LogP contribution in [0.4, 0.5) is 10.5 Å². The quantitative estimate of drug-likeness (QED) is 0.787. The molecule has 0 heterocycles. The van der Waals surface area contributed by atoms with Gasteiger partial charge in [-0.2, -0.15) is 0 Å². The Balaban J connectivity index is 2.70. The van der Waals surface area contributed by atoms with E-state index in [0.29, 0.717) is 17.1 Å². The van der Waals surface area contributed by atoms with Crippen LogP contribution in [-0.4, -0.2) is 23.1 Å². The third-order valence-corrected chi connectivity index (χ3v) is 2.71. The van der Waals surface area contributed by atoms with Gasteiger partial charge in [0.25, 0.3) is 0 Å². The molecule has 0 unspecified atom stereocenters. The number of hydrogen-bond donors (Lipinski definition) is 3. The molecule has 5 nitrogen and oxygen atoms in total. The first-order valence-corrected chi connectivity index (χ1v) is 5.88. The van der Waals surface area contributed by atoms with E-state index in [1.807, 2.05) is 13.0 Å². The number of rotatable bonds is 4. The molecule has 0 bridgehead atoms. The zero-order chi connectivity index (χ0) is 13.7. The van der Waals surface area contributed by atoms with E-state index in [-0.39, 0.29) is 0 Å². The molecule has 0 spiro atoms. The van der Waals surface area contributed by atoms with Crippen LogP contribution in [0.25, 0.3) is 0 Å². The standard InChI is InChI=1S/C12H15ClN2O3/c1-3-9(11(16)17)14-12(18)15-10-6-7(2)4-5-8(10)13/h4-6,9H,3H2,1-2H3,(H,16,17)(H2,14,15,18)/t9-/m0/s1. The van der Waals surface area contributed by atoms with E-state index in [0.717, 1.165) is 5.56 Å². The third-order valence-electron chi connectivity index (χ3n) is 2.38. The molecule has 1 aromatic rings. The number of halogens is 1. The Morgan fingerprint density at radius 3 is 2.67 bits per heavy atom. The van der Waals surface area contributed by atoms with E-state index in [2.05, 4.69) is 10.6 Å². The predicted octanol–water partition coefficient (Wildman–Crippen LogP) is 2.63. The molecule has 0 aliphatic rings. The first-order valence-electron chi connectivity index (χ1n) is 5.50. The van der Waals surface area contributed by atoms with Crippen LogP contribution in [0.1, 0.15) is 18.9 Å². The molecule has 1 aromatic carbocycles. The second kappa shape index (κ2) is 6.26. The number of carboxylic acids is 1.